The molecular weight excluding hydrogens is 208 g/mol. The van der Waals surface area contributed by atoms with E-state index in [1.54, 1.807) is 11.3 Å². The minimum atomic E-state index is -0.0235. The highest BCUT2D eigenvalue weighted by Crippen LogP contribution is 2.56. The number of aromatic nitrogens is 1. The highest BCUT2D eigenvalue weighted by Gasteiger charge is 2.56. The van der Waals surface area contributed by atoms with Crippen LogP contribution in [0.25, 0.3) is 0 Å². The number of ether oxygens (including phenoxy) is 1. The molecule has 1 atom stereocenters. The molecule has 0 aromatic carbocycles. The second-order valence-electron chi connectivity index (χ2n) is 5.02. The Hall–Kier alpha value is -0.450. The molecule has 0 bridgehead atoms. The molecule has 15 heavy (non-hydrogen) atoms. The Morgan fingerprint density at radius 3 is 3.07 bits per heavy atom. The van der Waals surface area contributed by atoms with E-state index >= 15 is 0 Å². The Morgan fingerprint density at radius 1 is 1.40 bits per heavy atom. The molecule has 1 saturated carbocycles. The van der Waals surface area contributed by atoms with Crippen LogP contribution in [0.3, 0.4) is 0 Å². The number of thiazole rings is 1. The van der Waals surface area contributed by atoms with Gasteiger partial charge in [-0.25, -0.2) is 4.98 Å². The van der Waals surface area contributed by atoms with E-state index in [0.29, 0.717) is 5.41 Å². The standard InChI is InChI=1S/C11H14N2OS/c1-2-10(1)6-14-11(3-4-12-5-11)9-8(10)13-7-15-9/h7,12H,1-6H2/t11-/m0/s1. The van der Waals surface area contributed by atoms with Crippen molar-refractivity contribution in [3.63, 3.8) is 0 Å². The van der Waals surface area contributed by atoms with Crippen molar-refractivity contribution in [1.82, 2.24) is 10.3 Å². The number of nitrogens with zero attached hydrogens (tertiary/aromatic N) is 1. The Labute approximate surface area is 92.9 Å². The van der Waals surface area contributed by atoms with Gasteiger partial charge in [-0.05, 0) is 25.8 Å². The summed E-state index contributed by atoms with van der Waals surface area (Å²) in [5.74, 6) is 0. The Kier molecular flexibility index (Phi) is 1.51. The third kappa shape index (κ3) is 0.998. The third-order valence-corrected chi connectivity index (χ3v) is 5.09. The second-order valence-corrected chi connectivity index (χ2v) is 5.87. The van der Waals surface area contributed by atoms with Gasteiger partial charge in [-0.2, -0.15) is 0 Å². The smallest absolute Gasteiger partial charge is 0.118 e. The van der Waals surface area contributed by atoms with Gasteiger partial charge in [-0.15, -0.1) is 11.3 Å². The van der Waals surface area contributed by atoms with Crippen molar-refractivity contribution in [1.29, 1.82) is 0 Å². The third-order valence-electron chi connectivity index (χ3n) is 4.08. The number of rotatable bonds is 0. The Balaban J connectivity index is 1.87. The normalized spacial score (nSPS) is 36.0. The first kappa shape index (κ1) is 8.67. The van der Waals surface area contributed by atoms with Crippen LogP contribution in [0.1, 0.15) is 29.8 Å². The van der Waals surface area contributed by atoms with Crippen molar-refractivity contribution in [2.24, 2.45) is 0 Å². The van der Waals surface area contributed by atoms with Crippen LogP contribution < -0.4 is 5.32 Å². The average Bonchev–Trinajstić information content (AvgIpc) is 2.73. The van der Waals surface area contributed by atoms with Crippen molar-refractivity contribution >= 4 is 11.3 Å². The van der Waals surface area contributed by atoms with Crippen LogP contribution in [0.15, 0.2) is 5.51 Å². The van der Waals surface area contributed by atoms with Gasteiger partial charge >= 0.3 is 0 Å². The lowest BCUT2D eigenvalue weighted by Gasteiger charge is -2.36. The van der Waals surface area contributed by atoms with E-state index in [4.69, 9.17) is 4.74 Å². The zero-order valence-corrected chi connectivity index (χ0v) is 9.40. The molecule has 2 aliphatic heterocycles. The van der Waals surface area contributed by atoms with E-state index in [1.807, 2.05) is 5.51 Å². The summed E-state index contributed by atoms with van der Waals surface area (Å²) in [6, 6.07) is 0. The Morgan fingerprint density at radius 2 is 2.33 bits per heavy atom. The molecule has 3 nitrogen and oxygen atoms in total. The molecule has 3 aliphatic rings. The summed E-state index contributed by atoms with van der Waals surface area (Å²) in [4.78, 5) is 6.01. The van der Waals surface area contributed by atoms with Crippen LogP contribution >= 0.6 is 11.3 Å². The summed E-state index contributed by atoms with van der Waals surface area (Å²) < 4.78 is 6.20. The molecule has 2 fully saturated rings. The number of nitrogens with one attached hydrogen (secondary N) is 1. The van der Waals surface area contributed by atoms with Gasteiger partial charge in [0.05, 0.1) is 22.7 Å². The van der Waals surface area contributed by atoms with E-state index < -0.39 is 0 Å². The summed E-state index contributed by atoms with van der Waals surface area (Å²) in [6.07, 6.45) is 3.65. The van der Waals surface area contributed by atoms with Crippen molar-refractivity contribution in [2.45, 2.75) is 30.3 Å². The van der Waals surface area contributed by atoms with E-state index in [9.17, 15) is 0 Å². The fourth-order valence-electron chi connectivity index (χ4n) is 2.88. The average molecular weight is 222 g/mol. The first-order valence-corrected chi connectivity index (χ1v) is 6.52. The maximum absolute atomic E-state index is 6.20. The van der Waals surface area contributed by atoms with Crippen molar-refractivity contribution in [3.05, 3.63) is 16.1 Å². The molecule has 3 heterocycles. The number of hydrogen-bond acceptors (Lipinski definition) is 4. The molecule has 80 valence electrons. The zero-order valence-electron chi connectivity index (χ0n) is 8.58. The lowest BCUT2D eigenvalue weighted by molar-refractivity contribution is -0.0580. The molecular formula is C11H14N2OS. The van der Waals surface area contributed by atoms with Gasteiger partial charge in [0, 0.05) is 12.0 Å². The van der Waals surface area contributed by atoms with Gasteiger partial charge in [-0.3, -0.25) is 0 Å². The van der Waals surface area contributed by atoms with Crippen LogP contribution in [0.4, 0.5) is 0 Å². The number of fused-ring (bicyclic) bond motifs is 3. The van der Waals surface area contributed by atoms with E-state index in [-0.39, 0.29) is 5.60 Å². The van der Waals surface area contributed by atoms with Gasteiger partial charge in [-0.1, -0.05) is 0 Å². The van der Waals surface area contributed by atoms with Gasteiger partial charge in [0.1, 0.15) is 5.60 Å². The van der Waals surface area contributed by atoms with Crippen LogP contribution in [0.2, 0.25) is 0 Å². The summed E-state index contributed by atoms with van der Waals surface area (Å²) in [7, 11) is 0. The molecule has 0 radical (unpaired) electrons. The van der Waals surface area contributed by atoms with Gasteiger partial charge < -0.3 is 10.1 Å². The molecule has 1 saturated heterocycles. The lowest BCUT2D eigenvalue weighted by atomic mass is 9.89. The summed E-state index contributed by atoms with van der Waals surface area (Å²) in [6.45, 7) is 2.94. The molecule has 1 aromatic heterocycles. The lowest BCUT2D eigenvalue weighted by Crippen LogP contribution is -2.40. The first-order valence-electron chi connectivity index (χ1n) is 5.64. The number of hydrogen-bond donors (Lipinski definition) is 1. The molecule has 0 unspecified atom stereocenters. The predicted octanol–water partition coefficient (Wildman–Crippen LogP) is 1.39. The summed E-state index contributed by atoms with van der Waals surface area (Å²) in [5.41, 5.74) is 3.66. The monoisotopic (exact) mass is 222 g/mol. The van der Waals surface area contributed by atoms with Crippen LogP contribution in [-0.4, -0.2) is 24.7 Å². The maximum atomic E-state index is 6.20. The van der Waals surface area contributed by atoms with E-state index in [0.717, 1.165) is 26.1 Å². The van der Waals surface area contributed by atoms with Gasteiger partial charge in [0.2, 0.25) is 0 Å². The first-order chi connectivity index (χ1) is 7.35. The molecule has 1 aromatic rings. The van der Waals surface area contributed by atoms with Gasteiger partial charge in [0.25, 0.3) is 0 Å². The van der Waals surface area contributed by atoms with E-state index in [1.165, 1.54) is 23.4 Å². The minimum Gasteiger partial charge on any atom is -0.367 e. The molecule has 4 heteroatoms. The largest absolute Gasteiger partial charge is 0.367 e. The van der Waals surface area contributed by atoms with Crippen LogP contribution in [0.5, 0.6) is 0 Å². The molecule has 1 aliphatic carbocycles. The van der Waals surface area contributed by atoms with Gasteiger partial charge in [0.15, 0.2) is 0 Å². The molecule has 2 spiro atoms. The quantitative estimate of drug-likeness (QED) is 0.720. The highest BCUT2D eigenvalue weighted by molar-refractivity contribution is 7.10. The fraction of sp³-hybridized carbons (Fsp3) is 0.727. The van der Waals surface area contributed by atoms with E-state index in [2.05, 4.69) is 10.3 Å². The Bertz CT molecular complexity index is 404. The minimum absolute atomic E-state index is 0.0235. The predicted molar refractivity (Wildman–Crippen MR) is 58.1 cm³/mol. The van der Waals surface area contributed by atoms with Crippen LogP contribution in [0, 0.1) is 0 Å². The second kappa shape index (κ2) is 2.62. The fourth-order valence-corrected chi connectivity index (χ4v) is 3.97. The van der Waals surface area contributed by atoms with Crippen molar-refractivity contribution in [2.75, 3.05) is 19.7 Å². The summed E-state index contributed by atoms with van der Waals surface area (Å²) >= 11 is 1.79. The SMILES string of the molecule is c1nc2c(s1)[C@@]1(CCNC1)OCC21CC1. The molecule has 1 N–H and O–H groups in total. The highest BCUT2D eigenvalue weighted by atomic mass is 32.1. The molecule has 0 amide bonds. The topological polar surface area (TPSA) is 34.2 Å². The molecule has 4 rings (SSSR count). The maximum Gasteiger partial charge on any atom is 0.118 e. The summed E-state index contributed by atoms with van der Waals surface area (Å²) in [5, 5.41) is 3.42. The van der Waals surface area contributed by atoms with Crippen molar-refractivity contribution < 1.29 is 4.74 Å². The van der Waals surface area contributed by atoms with Crippen LogP contribution in [-0.2, 0) is 15.8 Å². The zero-order chi connectivity index (χ0) is 9.93. The van der Waals surface area contributed by atoms with Crippen molar-refractivity contribution in [3.8, 4) is 0 Å².